The van der Waals surface area contributed by atoms with Crippen LogP contribution in [0.4, 0.5) is 5.13 Å². The molecule has 0 radical (unpaired) electrons. The minimum atomic E-state index is -0.464. The zero-order valence-corrected chi connectivity index (χ0v) is 16.9. The van der Waals surface area contributed by atoms with Crippen LogP contribution in [0.25, 0.3) is 0 Å². The van der Waals surface area contributed by atoms with Crippen LogP contribution in [-0.2, 0) is 4.79 Å². The molecule has 1 aliphatic carbocycles. The molecule has 2 aromatic rings. The van der Waals surface area contributed by atoms with E-state index in [-0.39, 0.29) is 11.7 Å². The maximum absolute atomic E-state index is 12.0. The van der Waals surface area contributed by atoms with Gasteiger partial charge in [0.2, 0.25) is 11.0 Å². The Morgan fingerprint density at radius 1 is 1.15 bits per heavy atom. The van der Waals surface area contributed by atoms with Crippen molar-refractivity contribution in [3.05, 3.63) is 34.9 Å². The summed E-state index contributed by atoms with van der Waals surface area (Å²) >= 11 is 8.66. The van der Waals surface area contributed by atoms with Crippen molar-refractivity contribution in [2.24, 2.45) is 0 Å². The summed E-state index contributed by atoms with van der Waals surface area (Å²) < 4.78 is 0.709. The number of hydrazine groups is 1. The first kappa shape index (κ1) is 19.9. The molecule has 3 N–H and O–H groups in total. The smallest absolute Gasteiger partial charge is 0.271 e. The normalized spacial score (nSPS) is 14.6. The van der Waals surface area contributed by atoms with Crippen LogP contribution in [0.3, 0.4) is 0 Å². The van der Waals surface area contributed by atoms with Gasteiger partial charge in [-0.25, -0.2) is 0 Å². The van der Waals surface area contributed by atoms with Crippen molar-refractivity contribution in [3.63, 3.8) is 0 Å². The topological polar surface area (TPSA) is 96.0 Å². The van der Waals surface area contributed by atoms with Crippen molar-refractivity contribution in [2.45, 2.75) is 42.5 Å². The quantitative estimate of drug-likeness (QED) is 0.484. The fraction of sp³-hybridized carbons (Fsp3) is 0.412. The molecular weight excluding hydrogens is 406 g/mol. The molecule has 144 valence electrons. The molecule has 2 amide bonds. The fourth-order valence-electron chi connectivity index (χ4n) is 2.75. The van der Waals surface area contributed by atoms with Gasteiger partial charge in [-0.2, -0.15) is 0 Å². The van der Waals surface area contributed by atoms with E-state index in [0.717, 1.165) is 18.0 Å². The van der Waals surface area contributed by atoms with E-state index in [0.29, 0.717) is 21.0 Å². The largest absolute Gasteiger partial charge is 0.357 e. The van der Waals surface area contributed by atoms with E-state index in [4.69, 9.17) is 11.6 Å². The van der Waals surface area contributed by atoms with E-state index in [2.05, 4.69) is 26.4 Å². The Hall–Kier alpha value is -1.84. The molecule has 1 aliphatic rings. The molecule has 27 heavy (non-hydrogen) atoms. The van der Waals surface area contributed by atoms with Crippen molar-refractivity contribution >= 4 is 51.6 Å². The van der Waals surface area contributed by atoms with Crippen molar-refractivity contribution in [3.8, 4) is 0 Å². The van der Waals surface area contributed by atoms with Gasteiger partial charge in [-0.3, -0.25) is 20.4 Å². The summed E-state index contributed by atoms with van der Waals surface area (Å²) in [5.74, 6) is -0.674. The van der Waals surface area contributed by atoms with E-state index in [1.807, 2.05) is 0 Å². The molecule has 0 unspecified atom stereocenters. The van der Waals surface area contributed by atoms with Gasteiger partial charge in [0.25, 0.3) is 5.91 Å². The van der Waals surface area contributed by atoms with Gasteiger partial charge in [-0.15, -0.1) is 10.2 Å². The maximum Gasteiger partial charge on any atom is 0.271 e. The molecular formula is C17H20ClN5O2S2. The number of carbonyl (C=O) groups is 2. The standard InChI is InChI=1S/C17H20ClN5O2S2/c18-13-9-5-4-8-12(13)15(25)21-20-14(24)10-26-17-23-22-16(27-17)19-11-6-2-1-3-7-11/h4-5,8-9,11H,1-3,6-7,10H2,(H,19,22)(H,20,24)(H,21,25). The molecule has 3 rings (SSSR count). The number of nitrogens with one attached hydrogen (secondary N) is 3. The fourth-order valence-corrected chi connectivity index (χ4v) is 4.60. The molecule has 0 saturated heterocycles. The molecule has 7 nitrogen and oxygen atoms in total. The minimum Gasteiger partial charge on any atom is -0.357 e. The summed E-state index contributed by atoms with van der Waals surface area (Å²) in [7, 11) is 0. The van der Waals surface area contributed by atoms with Gasteiger partial charge in [-0.05, 0) is 25.0 Å². The van der Waals surface area contributed by atoms with Crippen LogP contribution in [0.15, 0.2) is 28.6 Å². The van der Waals surface area contributed by atoms with E-state index >= 15 is 0 Å². The molecule has 10 heteroatoms. The molecule has 1 aromatic carbocycles. The lowest BCUT2D eigenvalue weighted by molar-refractivity contribution is -0.119. The summed E-state index contributed by atoms with van der Waals surface area (Å²) in [6, 6.07) is 7.09. The van der Waals surface area contributed by atoms with Gasteiger partial charge >= 0.3 is 0 Å². The Labute approximate surface area is 170 Å². The van der Waals surface area contributed by atoms with Crippen LogP contribution < -0.4 is 16.2 Å². The molecule has 1 heterocycles. The number of halogens is 1. The Kier molecular flexibility index (Phi) is 7.31. The lowest BCUT2D eigenvalue weighted by Gasteiger charge is -2.21. The van der Waals surface area contributed by atoms with Crippen LogP contribution in [0.5, 0.6) is 0 Å². The van der Waals surface area contributed by atoms with Gasteiger partial charge in [0.05, 0.1) is 16.3 Å². The van der Waals surface area contributed by atoms with E-state index in [1.165, 1.54) is 42.4 Å². The highest BCUT2D eigenvalue weighted by Crippen LogP contribution is 2.28. The number of hydrogen-bond donors (Lipinski definition) is 3. The molecule has 1 saturated carbocycles. The Bertz CT molecular complexity index is 795. The van der Waals surface area contributed by atoms with Crippen molar-refractivity contribution < 1.29 is 9.59 Å². The SMILES string of the molecule is O=C(CSc1nnc(NC2CCCCC2)s1)NNC(=O)c1ccccc1Cl. The highest BCUT2D eigenvalue weighted by Gasteiger charge is 2.16. The van der Waals surface area contributed by atoms with Gasteiger partial charge in [0.1, 0.15) is 0 Å². The second-order valence-corrected chi connectivity index (χ2v) is 8.73. The lowest BCUT2D eigenvalue weighted by Crippen LogP contribution is -2.42. The maximum atomic E-state index is 12.0. The number of amides is 2. The molecule has 1 aromatic heterocycles. The average molecular weight is 426 g/mol. The summed E-state index contributed by atoms with van der Waals surface area (Å²) in [6.07, 6.45) is 6.12. The number of carbonyl (C=O) groups excluding carboxylic acids is 2. The minimum absolute atomic E-state index is 0.126. The van der Waals surface area contributed by atoms with Crippen LogP contribution in [0.1, 0.15) is 42.5 Å². The molecule has 1 fully saturated rings. The van der Waals surface area contributed by atoms with Gasteiger partial charge in [-0.1, -0.05) is 66.1 Å². The number of thioether (sulfide) groups is 1. The third kappa shape index (κ3) is 6.08. The average Bonchev–Trinajstić information content (AvgIpc) is 3.13. The van der Waals surface area contributed by atoms with E-state index in [1.54, 1.807) is 24.3 Å². The number of anilines is 1. The molecule has 0 spiro atoms. The zero-order valence-electron chi connectivity index (χ0n) is 14.5. The predicted molar refractivity (Wildman–Crippen MR) is 108 cm³/mol. The van der Waals surface area contributed by atoms with Crippen molar-refractivity contribution in [1.82, 2.24) is 21.0 Å². The highest BCUT2D eigenvalue weighted by molar-refractivity contribution is 8.01. The van der Waals surface area contributed by atoms with Crippen LogP contribution in [-0.4, -0.2) is 33.8 Å². The van der Waals surface area contributed by atoms with E-state index in [9.17, 15) is 9.59 Å². The number of hydrogen-bond acceptors (Lipinski definition) is 7. The van der Waals surface area contributed by atoms with Gasteiger partial charge < -0.3 is 5.32 Å². The summed E-state index contributed by atoms with van der Waals surface area (Å²) in [6.45, 7) is 0. The van der Waals surface area contributed by atoms with Crippen LogP contribution in [0, 0.1) is 0 Å². The van der Waals surface area contributed by atoms with Crippen molar-refractivity contribution in [1.29, 1.82) is 0 Å². The monoisotopic (exact) mass is 425 g/mol. The number of rotatable bonds is 6. The highest BCUT2D eigenvalue weighted by atomic mass is 35.5. The third-order valence-electron chi connectivity index (χ3n) is 4.10. The van der Waals surface area contributed by atoms with E-state index < -0.39 is 5.91 Å². The third-order valence-corrected chi connectivity index (χ3v) is 6.42. The number of benzene rings is 1. The lowest BCUT2D eigenvalue weighted by atomic mass is 9.96. The van der Waals surface area contributed by atoms with Gasteiger partial charge in [0.15, 0.2) is 4.34 Å². The van der Waals surface area contributed by atoms with Crippen LogP contribution >= 0.6 is 34.7 Å². The second kappa shape index (κ2) is 9.91. The Morgan fingerprint density at radius 2 is 1.93 bits per heavy atom. The number of nitrogens with zero attached hydrogens (tertiary/aromatic N) is 2. The summed E-state index contributed by atoms with van der Waals surface area (Å²) in [5.41, 5.74) is 5.03. The molecule has 0 bridgehead atoms. The second-order valence-electron chi connectivity index (χ2n) is 6.12. The summed E-state index contributed by atoms with van der Waals surface area (Å²) in [5, 5.41) is 12.8. The Morgan fingerprint density at radius 3 is 2.70 bits per heavy atom. The predicted octanol–water partition coefficient (Wildman–Crippen LogP) is 3.49. The first-order valence-corrected chi connectivity index (χ1v) is 10.9. The van der Waals surface area contributed by atoms with Crippen molar-refractivity contribution in [2.75, 3.05) is 11.1 Å². The first-order valence-electron chi connectivity index (χ1n) is 8.68. The van der Waals surface area contributed by atoms with Gasteiger partial charge in [0, 0.05) is 6.04 Å². The van der Waals surface area contributed by atoms with Crippen LogP contribution in [0.2, 0.25) is 5.02 Å². The Balaban J connectivity index is 1.40. The summed E-state index contributed by atoms with van der Waals surface area (Å²) in [4.78, 5) is 23.9. The number of aromatic nitrogens is 2. The molecule has 0 aliphatic heterocycles. The first-order chi connectivity index (χ1) is 13.1. The zero-order chi connectivity index (χ0) is 19.1. The molecule has 0 atom stereocenters.